The summed E-state index contributed by atoms with van der Waals surface area (Å²) in [5, 5.41) is 6.06. The first-order valence-electron chi connectivity index (χ1n) is 4.84. The van der Waals surface area contributed by atoms with Gasteiger partial charge in [0, 0.05) is 11.1 Å². The van der Waals surface area contributed by atoms with E-state index in [0.717, 1.165) is 17.7 Å². The molecule has 2 aromatic heterocycles. The first kappa shape index (κ1) is 10.8. The number of hydrogen-bond acceptors (Lipinski definition) is 4. The van der Waals surface area contributed by atoms with Crippen LogP contribution in [0.4, 0.5) is 0 Å². The average Bonchev–Trinajstić information content (AvgIpc) is 2.82. The molecule has 0 unspecified atom stereocenters. The van der Waals surface area contributed by atoms with E-state index in [1.165, 1.54) is 15.3 Å². The van der Waals surface area contributed by atoms with E-state index < -0.39 is 0 Å². The molecule has 80 valence electrons. The van der Waals surface area contributed by atoms with Crippen LogP contribution in [0.25, 0.3) is 11.3 Å². The average molecular weight is 239 g/mol. The molecular formula is C11H13NOS2. The number of nitrogens with zero attached hydrogens (tertiary/aromatic N) is 1. The predicted octanol–water partition coefficient (Wildman–Crippen LogP) is 4.00. The highest BCUT2D eigenvalue weighted by Crippen LogP contribution is 2.40. The molecule has 0 saturated carbocycles. The van der Waals surface area contributed by atoms with Gasteiger partial charge in [0.1, 0.15) is 0 Å². The van der Waals surface area contributed by atoms with Crippen LogP contribution in [0.15, 0.2) is 20.3 Å². The van der Waals surface area contributed by atoms with Gasteiger partial charge in [0.25, 0.3) is 0 Å². The molecule has 0 amide bonds. The van der Waals surface area contributed by atoms with Crippen molar-refractivity contribution in [2.24, 2.45) is 0 Å². The molecule has 15 heavy (non-hydrogen) atoms. The van der Waals surface area contributed by atoms with Crippen molar-refractivity contribution in [1.82, 2.24) is 5.16 Å². The maximum atomic E-state index is 5.34. The molecule has 2 aromatic rings. The van der Waals surface area contributed by atoms with Gasteiger partial charge in [-0.2, -0.15) is 0 Å². The third-order valence-electron chi connectivity index (χ3n) is 2.38. The van der Waals surface area contributed by atoms with Crippen LogP contribution in [0.3, 0.4) is 0 Å². The van der Waals surface area contributed by atoms with Crippen molar-refractivity contribution in [3.05, 3.63) is 22.7 Å². The molecule has 0 aromatic carbocycles. The van der Waals surface area contributed by atoms with Gasteiger partial charge in [0.15, 0.2) is 5.76 Å². The van der Waals surface area contributed by atoms with Crippen LogP contribution in [0.5, 0.6) is 0 Å². The van der Waals surface area contributed by atoms with E-state index in [9.17, 15) is 0 Å². The maximum absolute atomic E-state index is 5.34. The maximum Gasteiger partial charge on any atom is 0.171 e. The molecule has 0 aliphatic heterocycles. The molecule has 0 aliphatic rings. The third-order valence-corrected chi connectivity index (χ3v) is 4.56. The first-order valence-corrected chi connectivity index (χ1v) is 6.94. The summed E-state index contributed by atoms with van der Waals surface area (Å²) in [4.78, 5) is 0. The molecule has 0 bridgehead atoms. The van der Waals surface area contributed by atoms with E-state index in [1.807, 2.05) is 6.92 Å². The number of aromatic nitrogens is 1. The van der Waals surface area contributed by atoms with E-state index in [4.69, 9.17) is 4.52 Å². The van der Waals surface area contributed by atoms with Crippen molar-refractivity contribution in [2.75, 3.05) is 6.26 Å². The van der Waals surface area contributed by atoms with Crippen LogP contribution in [-0.2, 0) is 6.42 Å². The van der Waals surface area contributed by atoms with E-state index in [2.05, 4.69) is 23.7 Å². The Labute approximate surface area is 97.7 Å². The second-order valence-electron chi connectivity index (χ2n) is 3.32. The van der Waals surface area contributed by atoms with E-state index in [1.54, 1.807) is 29.3 Å². The highest BCUT2D eigenvalue weighted by Gasteiger charge is 2.17. The molecule has 0 radical (unpaired) electrons. The van der Waals surface area contributed by atoms with E-state index >= 15 is 0 Å². The van der Waals surface area contributed by atoms with Gasteiger partial charge in [-0.25, -0.2) is 0 Å². The largest absolute Gasteiger partial charge is 0.356 e. The fraction of sp³-hybridized carbons (Fsp3) is 0.364. The number of thiophene rings is 1. The van der Waals surface area contributed by atoms with Gasteiger partial charge in [-0.05, 0) is 30.5 Å². The Bertz CT molecular complexity index is 437. The molecule has 2 heterocycles. The summed E-state index contributed by atoms with van der Waals surface area (Å²) in [5.41, 5.74) is 3.70. The molecule has 2 rings (SSSR count). The molecule has 0 spiro atoms. The third kappa shape index (κ3) is 1.84. The molecule has 2 nitrogen and oxygen atoms in total. The van der Waals surface area contributed by atoms with Crippen molar-refractivity contribution >= 4 is 23.1 Å². The van der Waals surface area contributed by atoms with Gasteiger partial charge >= 0.3 is 0 Å². The lowest BCUT2D eigenvalue weighted by atomic mass is 10.1. The summed E-state index contributed by atoms with van der Waals surface area (Å²) in [7, 11) is 0. The number of rotatable bonds is 3. The summed E-state index contributed by atoms with van der Waals surface area (Å²) in [6.45, 7) is 4.20. The Morgan fingerprint density at radius 2 is 2.33 bits per heavy atom. The predicted molar refractivity (Wildman–Crippen MR) is 65.7 cm³/mol. The summed E-state index contributed by atoms with van der Waals surface area (Å²) in [6.07, 6.45) is 4.91. The molecule has 0 aliphatic carbocycles. The standard InChI is InChI=1S/C11H13NOS2/c1-4-8-6-15-11(14-3)9(8)10-7(2)5-12-13-10/h5-6H,4H2,1-3H3. The highest BCUT2D eigenvalue weighted by atomic mass is 32.2. The summed E-state index contributed by atoms with van der Waals surface area (Å²) >= 11 is 3.55. The second-order valence-corrected chi connectivity index (χ2v) is 5.27. The zero-order valence-electron chi connectivity index (χ0n) is 9.03. The fourth-order valence-corrected chi connectivity index (χ4v) is 3.39. The molecule has 0 fully saturated rings. The highest BCUT2D eigenvalue weighted by molar-refractivity contribution is 8.00. The van der Waals surface area contributed by atoms with Crippen molar-refractivity contribution in [3.8, 4) is 11.3 Å². The van der Waals surface area contributed by atoms with Crippen molar-refractivity contribution in [3.63, 3.8) is 0 Å². The van der Waals surface area contributed by atoms with Gasteiger partial charge in [0.05, 0.1) is 10.4 Å². The molecule has 0 saturated heterocycles. The topological polar surface area (TPSA) is 26.0 Å². The van der Waals surface area contributed by atoms with Crippen LogP contribution < -0.4 is 0 Å². The minimum atomic E-state index is 0.928. The molecule has 4 heteroatoms. The number of thioether (sulfide) groups is 1. The van der Waals surface area contributed by atoms with E-state index in [-0.39, 0.29) is 0 Å². The quantitative estimate of drug-likeness (QED) is 0.757. The Morgan fingerprint density at radius 1 is 1.53 bits per heavy atom. The van der Waals surface area contributed by atoms with Crippen LogP contribution in [0.2, 0.25) is 0 Å². The molecule has 0 atom stereocenters. The molecular weight excluding hydrogens is 226 g/mol. The van der Waals surface area contributed by atoms with Crippen molar-refractivity contribution < 1.29 is 4.52 Å². The minimum absolute atomic E-state index is 0.928. The minimum Gasteiger partial charge on any atom is -0.356 e. The van der Waals surface area contributed by atoms with Gasteiger partial charge < -0.3 is 4.52 Å². The first-order chi connectivity index (χ1) is 7.27. The monoisotopic (exact) mass is 239 g/mol. The number of hydrogen-bond donors (Lipinski definition) is 0. The Kier molecular flexibility index (Phi) is 3.17. The van der Waals surface area contributed by atoms with Gasteiger partial charge in [0.2, 0.25) is 0 Å². The van der Waals surface area contributed by atoms with Gasteiger partial charge in [-0.3, -0.25) is 0 Å². The summed E-state index contributed by atoms with van der Waals surface area (Å²) < 4.78 is 6.65. The van der Waals surface area contributed by atoms with Crippen LogP contribution in [0, 0.1) is 6.92 Å². The Balaban J connectivity index is 2.59. The lowest BCUT2D eigenvalue weighted by molar-refractivity contribution is 0.431. The zero-order valence-corrected chi connectivity index (χ0v) is 10.7. The Morgan fingerprint density at radius 3 is 2.87 bits per heavy atom. The second kappa shape index (κ2) is 4.41. The SMILES string of the molecule is CCc1csc(SC)c1-c1oncc1C. The van der Waals surface area contributed by atoms with Crippen LogP contribution in [0.1, 0.15) is 18.1 Å². The van der Waals surface area contributed by atoms with Gasteiger partial charge in [-0.15, -0.1) is 23.1 Å². The zero-order chi connectivity index (χ0) is 10.8. The normalized spacial score (nSPS) is 10.9. The lowest BCUT2D eigenvalue weighted by Gasteiger charge is -2.01. The molecule has 0 N–H and O–H groups in total. The number of aryl methyl sites for hydroxylation is 2. The fourth-order valence-electron chi connectivity index (χ4n) is 1.55. The summed E-state index contributed by atoms with van der Waals surface area (Å²) in [6, 6.07) is 0. The van der Waals surface area contributed by atoms with Crippen LogP contribution in [-0.4, -0.2) is 11.4 Å². The lowest BCUT2D eigenvalue weighted by Crippen LogP contribution is -1.83. The van der Waals surface area contributed by atoms with Crippen molar-refractivity contribution in [2.45, 2.75) is 24.5 Å². The van der Waals surface area contributed by atoms with E-state index in [0.29, 0.717) is 0 Å². The van der Waals surface area contributed by atoms with Crippen molar-refractivity contribution in [1.29, 1.82) is 0 Å². The van der Waals surface area contributed by atoms with Crippen LogP contribution >= 0.6 is 23.1 Å². The smallest absolute Gasteiger partial charge is 0.171 e. The summed E-state index contributed by atoms with van der Waals surface area (Å²) in [5.74, 6) is 0.928. The van der Waals surface area contributed by atoms with Gasteiger partial charge in [-0.1, -0.05) is 12.1 Å². The Hall–Kier alpha value is -0.740.